The molecule has 2 heterocycles. The molecule has 3 rings (SSSR count). The number of carbonyl (C=O) groups is 1. The monoisotopic (exact) mass is 389 g/mol. The lowest BCUT2D eigenvalue weighted by molar-refractivity contribution is -0.715. The second-order valence-electron chi connectivity index (χ2n) is 7.15. The minimum atomic E-state index is -0.313. The fraction of sp³-hybridized carbons (Fsp3) is 0.524. The summed E-state index contributed by atoms with van der Waals surface area (Å²) in [5.41, 5.74) is 1.67. The number of methoxy groups -OCH3 is 1. The van der Waals surface area contributed by atoms with Crippen LogP contribution in [0.2, 0.25) is 0 Å². The maximum Gasteiger partial charge on any atom is 0.410 e. The van der Waals surface area contributed by atoms with Crippen molar-refractivity contribution in [2.75, 3.05) is 26.8 Å². The van der Waals surface area contributed by atoms with Crippen LogP contribution in [0, 0.1) is 6.92 Å². The highest BCUT2D eigenvalue weighted by molar-refractivity contribution is 5.67. The van der Waals surface area contributed by atoms with E-state index >= 15 is 0 Å². The van der Waals surface area contributed by atoms with Crippen molar-refractivity contribution in [2.24, 2.45) is 0 Å². The van der Waals surface area contributed by atoms with Crippen molar-refractivity contribution in [3.05, 3.63) is 47.5 Å². The van der Waals surface area contributed by atoms with E-state index in [1.165, 1.54) is 0 Å². The van der Waals surface area contributed by atoms with Gasteiger partial charge in [0.2, 0.25) is 0 Å². The van der Waals surface area contributed by atoms with Crippen molar-refractivity contribution in [3.63, 3.8) is 0 Å². The fourth-order valence-electron chi connectivity index (χ4n) is 3.61. The zero-order valence-corrected chi connectivity index (χ0v) is 16.6. The normalized spacial score (nSPS) is 16.9. The van der Waals surface area contributed by atoms with Gasteiger partial charge in [0.1, 0.15) is 6.61 Å². The summed E-state index contributed by atoms with van der Waals surface area (Å²) in [4.78, 5) is 14.2. The molecule has 1 aromatic heterocycles. The Balaban J connectivity index is 1.64. The molecule has 0 aliphatic carbocycles. The quantitative estimate of drug-likeness (QED) is 0.582. The molecule has 152 valence electrons. The first-order chi connectivity index (χ1) is 13.6. The fourth-order valence-corrected chi connectivity index (χ4v) is 3.61. The summed E-state index contributed by atoms with van der Waals surface area (Å²) < 4.78 is 18.3. The van der Waals surface area contributed by atoms with Crippen LogP contribution in [0.5, 0.6) is 5.95 Å². The van der Waals surface area contributed by atoms with Crippen molar-refractivity contribution in [3.8, 4) is 5.95 Å². The van der Waals surface area contributed by atoms with E-state index in [9.17, 15) is 9.90 Å². The third-order valence-corrected chi connectivity index (χ3v) is 5.15. The molecule has 1 aromatic carbocycles. The van der Waals surface area contributed by atoms with Gasteiger partial charge < -0.3 is 23.9 Å². The minimum absolute atomic E-state index is 0.0279. The molecule has 2 aromatic rings. The molecule has 1 aliphatic heterocycles. The standard InChI is InChI=1S/C21H28N2O5/c1-16-20(24)28-19(23(16)12-7-13-26-2)18-10-6-11-22(14-18)21(25)27-15-17-8-4-3-5-9-17/h3-5,8-9,18H,6-7,10-15H2,1-2H3/p+1/t18-/m1/s1. The van der Waals surface area contributed by atoms with Crippen LogP contribution in [0.4, 0.5) is 4.79 Å². The first kappa shape index (κ1) is 20.2. The average Bonchev–Trinajstić information content (AvgIpc) is 3.01. The molecule has 1 amide bonds. The van der Waals surface area contributed by atoms with Gasteiger partial charge >= 0.3 is 17.9 Å². The van der Waals surface area contributed by atoms with Crippen molar-refractivity contribution < 1.29 is 28.4 Å². The number of rotatable bonds is 7. The first-order valence-corrected chi connectivity index (χ1v) is 9.76. The summed E-state index contributed by atoms with van der Waals surface area (Å²) >= 11 is 0. The summed E-state index contributed by atoms with van der Waals surface area (Å²) in [5.74, 6) is 0.683. The van der Waals surface area contributed by atoms with E-state index in [2.05, 4.69) is 0 Å². The topological polar surface area (TPSA) is 76.0 Å². The number of amides is 1. The molecule has 0 spiro atoms. The van der Waals surface area contributed by atoms with E-state index in [0.717, 1.165) is 24.8 Å². The minimum Gasteiger partial charge on any atom is -0.476 e. The smallest absolute Gasteiger partial charge is 0.410 e. The lowest BCUT2D eigenvalue weighted by Crippen LogP contribution is -2.45. The van der Waals surface area contributed by atoms with Gasteiger partial charge in [-0.05, 0) is 18.4 Å². The maximum absolute atomic E-state index is 12.5. The lowest BCUT2D eigenvalue weighted by Gasteiger charge is -2.29. The van der Waals surface area contributed by atoms with Crippen LogP contribution in [-0.2, 0) is 22.6 Å². The second-order valence-corrected chi connectivity index (χ2v) is 7.15. The number of nitrogens with zero attached hydrogens (tertiary/aromatic N) is 2. The Morgan fingerprint density at radius 2 is 2.14 bits per heavy atom. The number of benzene rings is 1. The van der Waals surface area contributed by atoms with E-state index < -0.39 is 0 Å². The van der Waals surface area contributed by atoms with Gasteiger partial charge in [-0.15, -0.1) is 0 Å². The van der Waals surface area contributed by atoms with Crippen LogP contribution in [0.15, 0.2) is 34.7 Å². The van der Waals surface area contributed by atoms with Crippen molar-refractivity contribution >= 4 is 6.09 Å². The third-order valence-electron chi connectivity index (χ3n) is 5.15. The molecule has 1 aliphatic rings. The Kier molecular flexibility index (Phi) is 6.92. The van der Waals surface area contributed by atoms with Gasteiger partial charge in [0.15, 0.2) is 6.54 Å². The van der Waals surface area contributed by atoms with E-state index in [0.29, 0.717) is 37.8 Å². The molecule has 28 heavy (non-hydrogen) atoms. The average molecular weight is 389 g/mol. The number of likely N-dealkylation sites (tertiary alicyclic amines) is 1. The molecular weight excluding hydrogens is 360 g/mol. The highest BCUT2D eigenvalue weighted by atomic mass is 16.6. The van der Waals surface area contributed by atoms with E-state index in [-0.39, 0.29) is 24.6 Å². The number of hydrogen-bond acceptors (Lipinski definition) is 5. The molecule has 0 saturated carbocycles. The van der Waals surface area contributed by atoms with Gasteiger partial charge in [-0.3, -0.25) is 0 Å². The molecule has 1 fully saturated rings. The van der Waals surface area contributed by atoms with Crippen LogP contribution >= 0.6 is 0 Å². The number of hydrogen-bond donors (Lipinski definition) is 1. The number of ether oxygens (including phenoxy) is 2. The molecule has 0 bridgehead atoms. The Morgan fingerprint density at radius 3 is 2.89 bits per heavy atom. The van der Waals surface area contributed by atoms with E-state index in [1.54, 1.807) is 12.0 Å². The Labute approximate surface area is 165 Å². The van der Waals surface area contributed by atoms with Crippen molar-refractivity contribution in [1.82, 2.24) is 4.90 Å². The third kappa shape index (κ3) is 4.84. The molecular formula is C21H29N2O5+. The molecule has 0 radical (unpaired) electrons. The number of carbonyl (C=O) groups excluding carboxylic acids is 1. The highest BCUT2D eigenvalue weighted by Crippen LogP contribution is 2.29. The van der Waals surface area contributed by atoms with Crippen molar-refractivity contribution in [1.29, 1.82) is 0 Å². The SMILES string of the molecule is COCCC[n+]1c([C@@H]2CCCN(C(=O)OCc3ccccc3)C2)oc(O)c1C. The number of piperidine rings is 1. The number of aromatic nitrogens is 1. The molecule has 0 unspecified atom stereocenters. The van der Waals surface area contributed by atoms with E-state index in [4.69, 9.17) is 13.9 Å². The predicted octanol–water partition coefficient (Wildman–Crippen LogP) is 3.13. The van der Waals surface area contributed by atoms with Crippen molar-refractivity contribution in [2.45, 2.75) is 45.3 Å². The Bertz CT molecular complexity index is 775. The van der Waals surface area contributed by atoms with Gasteiger partial charge in [-0.25, -0.2) is 4.79 Å². The van der Waals surface area contributed by atoms with Gasteiger partial charge in [0.25, 0.3) is 5.69 Å². The molecule has 1 atom stereocenters. The van der Waals surface area contributed by atoms with Crippen LogP contribution in [0.3, 0.4) is 0 Å². The zero-order valence-electron chi connectivity index (χ0n) is 16.6. The van der Waals surface area contributed by atoms with Gasteiger partial charge in [0.05, 0.1) is 12.5 Å². The van der Waals surface area contributed by atoms with Crippen LogP contribution in [-0.4, -0.2) is 42.9 Å². The van der Waals surface area contributed by atoms with Crippen LogP contribution in [0.25, 0.3) is 0 Å². The molecule has 7 nitrogen and oxygen atoms in total. The largest absolute Gasteiger partial charge is 0.476 e. The molecule has 1 saturated heterocycles. The van der Waals surface area contributed by atoms with Crippen LogP contribution in [0.1, 0.15) is 42.3 Å². The van der Waals surface area contributed by atoms with Crippen LogP contribution < -0.4 is 4.57 Å². The van der Waals surface area contributed by atoms with Gasteiger partial charge in [0, 0.05) is 33.5 Å². The summed E-state index contributed by atoms with van der Waals surface area (Å²) in [5, 5.41) is 10.1. The van der Waals surface area contributed by atoms with Gasteiger partial charge in [-0.2, -0.15) is 4.57 Å². The lowest BCUT2D eigenvalue weighted by atomic mass is 9.98. The highest BCUT2D eigenvalue weighted by Gasteiger charge is 2.36. The Morgan fingerprint density at radius 1 is 1.36 bits per heavy atom. The predicted molar refractivity (Wildman–Crippen MR) is 102 cm³/mol. The first-order valence-electron chi connectivity index (χ1n) is 9.76. The van der Waals surface area contributed by atoms with E-state index in [1.807, 2.05) is 41.8 Å². The zero-order chi connectivity index (χ0) is 19.9. The second kappa shape index (κ2) is 9.59. The molecule has 7 heteroatoms. The summed E-state index contributed by atoms with van der Waals surface area (Å²) in [6.07, 6.45) is 2.28. The number of aromatic hydroxyl groups is 1. The summed E-state index contributed by atoms with van der Waals surface area (Å²) in [6.45, 7) is 4.63. The number of oxazole rings is 1. The molecule has 1 N–H and O–H groups in total. The Hall–Kier alpha value is -2.54. The maximum atomic E-state index is 12.5. The van der Waals surface area contributed by atoms with Gasteiger partial charge in [-0.1, -0.05) is 30.3 Å². The summed E-state index contributed by atoms with van der Waals surface area (Å²) in [6, 6.07) is 9.65. The summed E-state index contributed by atoms with van der Waals surface area (Å²) in [7, 11) is 1.67.